The number of aromatic nitrogens is 1. The van der Waals surface area contributed by atoms with E-state index in [0.29, 0.717) is 11.5 Å². The van der Waals surface area contributed by atoms with Crippen LogP contribution in [0.15, 0.2) is 52.4 Å². The van der Waals surface area contributed by atoms with E-state index >= 15 is 0 Å². The van der Waals surface area contributed by atoms with Gasteiger partial charge in [-0.15, -0.1) is 11.3 Å². The monoisotopic (exact) mass is 367 g/mol. The summed E-state index contributed by atoms with van der Waals surface area (Å²) in [6.07, 6.45) is 0. The van der Waals surface area contributed by atoms with E-state index in [9.17, 15) is 9.59 Å². The second-order valence-electron chi connectivity index (χ2n) is 6.47. The summed E-state index contributed by atoms with van der Waals surface area (Å²) >= 11 is 1.54. The Morgan fingerprint density at radius 2 is 2.00 bits per heavy atom. The largest absolute Gasteiger partial charge is 0.355 e. The van der Waals surface area contributed by atoms with Crippen LogP contribution in [0, 0.1) is 6.92 Å². The maximum Gasteiger partial charge on any atom is 0.325 e. The summed E-state index contributed by atoms with van der Waals surface area (Å²) < 4.78 is 5.33. The van der Waals surface area contributed by atoms with Crippen LogP contribution < -0.4 is 5.32 Å². The Morgan fingerprint density at radius 1 is 1.23 bits per heavy atom. The standard InChI is InChI=1S/C19H17N3O3S/c1-12-5-7-13(8-6-12)19(2)17(23)22(18(24)20-19)11-14-10-15(25-21-14)16-4-3-9-26-16/h3-10H,11H2,1-2H3,(H,20,24)/t19-/m1/s1. The highest BCUT2D eigenvalue weighted by atomic mass is 32.1. The molecule has 1 N–H and O–H groups in total. The lowest BCUT2D eigenvalue weighted by molar-refractivity contribution is -0.131. The number of urea groups is 1. The van der Waals surface area contributed by atoms with Gasteiger partial charge in [0.05, 0.1) is 11.4 Å². The Kier molecular flexibility index (Phi) is 3.88. The molecule has 0 radical (unpaired) electrons. The zero-order valence-electron chi connectivity index (χ0n) is 14.4. The number of thiophene rings is 1. The first-order chi connectivity index (χ1) is 12.5. The van der Waals surface area contributed by atoms with Crippen molar-refractivity contribution in [2.45, 2.75) is 25.9 Å². The van der Waals surface area contributed by atoms with Crippen molar-refractivity contribution >= 4 is 23.3 Å². The van der Waals surface area contributed by atoms with Gasteiger partial charge >= 0.3 is 6.03 Å². The topological polar surface area (TPSA) is 75.4 Å². The molecule has 4 rings (SSSR count). The van der Waals surface area contributed by atoms with Crippen LogP contribution in [0.2, 0.25) is 0 Å². The Bertz CT molecular complexity index is 962. The first-order valence-corrected chi connectivity index (χ1v) is 9.06. The van der Waals surface area contributed by atoms with E-state index in [1.807, 2.05) is 48.7 Å². The number of rotatable bonds is 4. The highest BCUT2D eigenvalue weighted by molar-refractivity contribution is 7.13. The molecule has 0 aliphatic carbocycles. The van der Waals surface area contributed by atoms with Gasteiger partial charge in [-0.3, -0.25) is 9.69 Å². The predicted molar refractivity (Wildman–Crippen MR) is 97.4 cm³/mol. The quantitative estimate of drug-likeness (QED) is 0.714. The molecule has 3 amide bonds. The minimum absolute atomic E-state index is 0.0704. The van der Waals surface area contributed by atoms with E-state index in [1.54, 1.807) is 13.0 Å². The molecule has 1 aliphatic heterocycles. The fraction of sp³-hybridized carbons (Fsp3) is 0.211. The molecule has 1 saturated heterocycles. The van der Waals surface area contributed by atoms with Crippen LogP contribution in [-0.4, -0.2) is 22.0 Å². The van der Waals surface area contributed by atoms with Crippen LogP contribution in [0.25, 0.3) is 10.6 Å². The number of aryl methyl sites for hydroxylation is 1. The lowest BCUT2D eigenvalue weighted by Crippen LogP contribution is -2.40. The van der Waals surface area contributed by atoms with Crippen LogP contribution in [0.1, 0.15) is 23.7 Å². The van der Waals surface area contributed by atoms with Crippen molar-refractivity contribution in [1.82, 2.24) is 15.4 Å². The van der Waals surface area contributed by atoms with Gasteiger partial charge in [-0.2, -0.15) is 0 Å². The van der Waals surface area contributed by atoms with Crippen molar-refractivity contribution in [3.05, 3.63) is 64.7 Å². The first kappa shape index (κ1) is 16.5. The number of hydrogen-bond donors (Lipinski definition) is 1. The van der Waals surface area contributed by atoms with Crippen molar-refractivity contribution in [1.29, 1.82) is 0 Å². The van der Waals surface area contributed by atoms with Gasteiger partial charge in [0.1, 0.15) is 11.2 Å². The maximum atomic E-state index is 12.9. The average molecular weight is 367 g/mol. The van der Waals surface area contributed by atoms with Gasteiger partial charge in [-0.1, -0.05) is 41.1 Å². The van der Waals surface area contributed by atoms with Gasteiger partial charge in [0.2, 0.25) is 0 Å². The van der Waals surface area contributed by atoms with E-state index in [-0.39, 0.29) is 12.5 Å². The summed E-state index contributed by atoms with van der Waals surface area (Å²) in [5, 5.41) is 8.74. The van der Waals surface area contributed by atoms with Crippen molar-refractivity contribution in [2.24, 2.45) is 0 Å². The number of amides is 3. The van der Waals surface area contributed by atoms with Crippen LogP contribution in [-0.2, 0) is 16.9 Å². The van der Waals surface area contributed by atoms with E-state index in [2.05, 4.69) is 10.5 Å². The summed E-state index contributed by atoms with van der Waals surface area (Å²) in [4.78, 5) is 27.5. The van der Waals surface area contributed by atoms with Gasteiger partial charge in [0, 0.05) is 6.07 Å². The third-order valence-corrected chi connectivity index (χ3v) is 5.43. The van der Waals surface area contributed by atoms with E-state index < -0.39 is 11.6 Å². The first-order valence-electron chi connectivity index (χ1n) is 8.18. The highest BCUT2D eigenvalue weighted by Gasteiger charge is 2.49. The van der Waals surface area contributed by atoms with Crippen LogP contribution in [0.5, 0.6) is 0 Å². The third kappa shape index (κ3) is 2.70. The van der Waals surface area contributed by atoms with E-state index in [4.69, 9.17) is 4.52 Å². The molecule has 1 aliphatic rings. The second-order valence-corrected chi connectivity index (χ2v) is 7.42. The predicted octanol–water partition coefficient (Wildman–Crippen LogP) is 3.68. The van der Waals surface area contributed by atoms with Gasteiger partial charge in [-0.25, -0.2) is 4.79 Å². The Hall–Kier alpha value is -2.93. The molecule has 26 heavy (non-hydrogen) atoms. The molecule has 0 spiro atoms. The molecule has 6 nitrogen and oxygen atoms in total. The fourth-order valence-electron chi connectivity index (χ4n) is 3.01. The summed E-state index contributed by atoms with van der Waals surface area (Å²) in [5.74, 6) is 0.329. The summed E-state index contributed by atoms with van der Waals surface area (Å²) in [7, 11) is 0. The van der Waals surface area contributed by atoms with Crippen molar-refractivity contribution < 1.29 is 14.1 Å². The molecular weight excluding hydrogens is 350 g/mol. The Morgan fingerprint density at radius 3 is 2.69 bits per heavy atom. The van der Waals surface area contributed by atoms with E-state index in [1.165, 1.54) is 16.2 Å². The zero-order valence-corrected chi connectivity index (χ0v) is 15.2. The molecule has 0 saturated carbocycles. The van der Waals surface area contributed by atoms with E-state index in [0.717, 1.165) is 16.0 Å². The Balaban J connectivity index is 1.57. The van der Waals surface area contributed by atoms with Crippen LogP contribution in [0.3, 0.4) is 0 Å². The number of carbonyl (C=O) groups excluding carboxylic acids is 2. The minimum Gasteiger partial charge on any atom is -0.355 e. The van der Waals surface area contributed by atoms with Gasteiger partial charge in [-0.05, 0) is 30.9 Å². The number of carbonyl (C=O) groups is 2. The SMILES string of the molecule is Cc1ccc([C@@]2(C)NC(=O)N(Cc3cc(-c4cccs4)on3)C2=O)cc1. The average Bonchev–Trinajstić information content (AvgIpc) is 3.34. The number of hydrogen-bond acceptors (Lipinski definition) is 5. The molecule has 2 aromatic heterocycles. The lowest BCUT2D eigenvalue weighted by Gasteiger charge is -2.22. The molecule has 1 aromatic carbocycles. The summed E-state index contributed by atoms with van der Waals surface area (Å²) in [6, 6.07) is 12.8. The number of benzene rings is 1. The Labute approximate surface area is 154 Å². The smallest absolute Gasteiger partial charge is 0.325 e. The van der Waals surface area contributed by atoms with Crippen LogP contribution >= 0.6 is 11.3 Å². The maximum absolute atomic E-state index is 12.9. The number of nitrogens with one attached hydrogen (secondary N) is 1. The molecular formula is C19H17N3O3S. The molecule has 1 atom stereocenters. The molecule has 3 aromatic rings. The number of nitrogens with zero attached hydrogens (tertiary/aromatic N) is 2. The van der Waals surface area contributed by atoms with Crippen molar-refractivity contribution in [2.75, 3.05) is 0 Å². The molecule has 3 heterocycles. The van der Waals surface area contributed by atoms with Gasteiger partial charge in [0.25, 0.3) is 5.91 Å². The molecule has 0 bridgehead atoms. The highest BCUT2D eigenvalue weighted by Crippen LogP contribution is 2.31. The molecule has 0 unspecified atom stereocenters. The van der Waals surface area contributed by atoms with Gasteiger partial charge in [0.15, 0.2) is 5.76 Å². The second kappa shape index (κ2) is 6.10. The molecule has 1 fully saturated rings. The van der Waals surface area contributed by atoms with Crippen molar-refractivity contribution in [3.8, 4) is 10.6 Å². The molecule has 132 valence electrons. The minimum atomic E-state index is -1.08. The summed E-state index contributed by atoms with van der Waals surface area (Å²) in [5.41, 5.74) is 1.30. The normalized spacial score (nSPS) is 19.8. The number of imide groups is 1. The zero-order chi connectivity index (χ0) is 18.3. The van der Waals surface area contributed by atoms with Crippen molar-refractivity contribution in [3.63, 3.8) is 0 Å². The van der Waals surface area contributed by atoms with Crippen LogP contribution in [0.4, 0.5) is 4.79 Å². The lowest BCUT2D eigenvalue weighted by atomic mass is 9.91. The fourth-order valence-corrected chi connectivity index (χ4v) is 3.68. The third-order valence-electron chi connectivity index (χ3n) is 4.55. The molecule has 7 heteroatoms. The van der Waals surface area contributed by atoms with Gasteiger partial charge < -0.3 is 9.84 Å². The summed E-state index contributed by atoms with van der Waals surface area (Å²) in [6.45, 7) is 3.77.